The highest BCUT2D eigenvalue weighted by Gasteiger charge is 2.48. The van der Waals surface area contributed by atoms with Crippen molar-refractivity contribution in [2.45, 2.75) is 161 Å². The van der Waals surface area contributed by atoms with E-state index in [0.717, 1.165) is 30.6 Å². The Morgan fingerprint density at radius 3 is 1.84 bits per heavy atom. The highest BCUT2D eigenvalue weighted by atomic mass is 16.4. The lowest BCUT2D eigenvalue weighted by Crippen LogP contribution is -2.55. The molecule has 5 heteroatoms. The molecule has 0 aromatic carbocycles. The number of carboxylic acid groups (broad SMARTS) is 1. The number of nitrogens with one attached hydrogen (secondary N) is 1. The van der Waals surface area contributed by atoms with Gasteiger partial charge < -0.3 is 16.2 Å². The molecule has 0 heterocycles. The third-order valence-electron chi connectivity index (χ3n) is 8.79. The standard InChI is InChI=1S/C23H43NO3.C10H17N/c1-4-5-6-7-8-9-10-11-12-13-14-15-16-17-22(25)24-21(18-20(2)3)19-23(26)27;11-10-4-7-1-8(5-10)3-9(2-7)6-10/h9-10,20-21H,4-8,11-19H2,1-3H3,(H,24,25)(H,26,27);7-9H,1-6,11H2/b10-9+;. The van der Waals surface area contributed by atoms with Gasteiger partial charge in [0.1, 0.15) is 0 Å². The number of carbonyl (C=O) groups excluding carboxylic acids is 1. The highest BCUT2D eigenvalue weighted by molar-refractivity contribution is 5.77. The molecular weight excluding hydrogens is 472 g/mol. The minimum atomic E-state index is -0.851. The van der Waals surface area contributed by atoms with Gasteiger partial charge in [-0.15, -0.1) is 0 Å². The third-order valence-corrected chi connectivity index (χ3v) is 8.79. The first kappa shape index (κ1) is 32.8. The summed E-state index contributed by atoms with van der Waals surface area (Å²) in [5.74, 6) is 2.58. The van der Waals surface area contributed by atoms with Crippen LogP contribution in [0.3, 0.4) is 0 Å². The zero-order valence-corrected chi connectivity index (χ0v) is 25.0. The zero-order chi connectivity index (χ0) is 27.8. The Morgan fingerprint density at radius 2 is 1.37 bits per heavy atom. The van der Waals surface area contributed by atoms with E-state index in [0.29, 0.717) is 24.3 Å². The maximum Gasteiger partial charge on any atom is 0.305 e. The van der Waals surface area contributed by atoms with Crippen LogP contribution in [0.15, 0.2) is 12.2 Å². The molecule has 4 fully saturated rings. The van der Waals surface area contributed by atoms with Crippen LogP contribution in [0, 0.1) is 23.7 Å². The Morgan fingerprint density at radius 1 is 0.868 bits per heavy atom. The van der Waals surface area contributed by atoms with Gasteiger partial charge in [-0.2, -0.15) is 0 Å². The van der Waals surface area contributed by atoms with Gasteiger partial charge >= 0.3 is 5.97 Å². The largest absolute Gasteiger partial charge is 0.481 e. The van der Waals surface area contributed by atoms with Crippen molar-refractivity contribution >= 4 is 11.9 Å². The predicted molar refractivity (Wildman–Crippen MR) is 159 cm³/mol. The number of carboxylic acids is 1. The van der Waals surface area contributed by atoms with E-state index in [4.69, 9.17) is 10.8 Å². The van der Waals surface area contributed by atoms with Crippen molar-refractivity contribution in [3.8, 4) is 0 Å². The number of unbranched alkanes of at least 4 members (excludes halogenated alkanes) is 9. The Bertz CT molecular complexity index is 667. The number of amides is 1. The van der Waals surface area contributed by atoms with Crippen LogP contribution in [-0.2, 0) is 9.59 Å². The summed E-state index contributed by atoms with van der Waals surface area (Å²) >= 11 is 0. The zero-order valence-electron chi connectivity index (χ0n) is 25.0. The highest BCUT2D eigenvalue weighted by Crippen LogP contribution is 2.54. The molecule has 0 aliphatic heterocycles. The molecule has 0 aromatic rings. The molecule has 4 N–H and O–H groups in total. The van der Waals surface area contributed by atoms with E-state index in [1.54, 1.807) is 0 Å². The van der Waals surface area contributed by atoms with Crippen molar-refractivity contribution in [2.24, 2.45) is 29.4 Å². The first-order valence-electron chi connectivity index (χ1n) is 16.1. The van der Waals surface area contributed by atoms with Crippen LogP contribution in [0.5, 0.6) is 0 Å². The van der Waals surface area contributed by atoms with Crippen LogP contribution in [0.1, 0.15) is 149 Å². The van der Waals surface area contributed by atoms with Gasteiger partial charge in [-0.3, -0.25) is 9.59 Å². The SMILES string of the molecule is CCCCCC/C=C/CCCCCCCC(=O)NC(CC(=O)O)CC(C)C.NC12CC3CC(CC(C3)C1)C2. The first-order valence-corrected chi connectivity index (χ1v) is 16.1. The van der Waals surface area contributed by atoms with Crippen molar-refractivity contribution in [1.29, 1.82) is 0 Å². The van der Waals surface area contributed by atoms with E-state index in [1.165, 1.54) is 96.3 Å². The summed E-state index contributed by atoms with van der Waals surface area (Å²) in [5, 5.41) is 11.8. The minimum absolute atomic E-state index is 0.00657. The molecule has 5 nitrogen and oxygen atoms in total. The number of nitrogens with two attached hydrogens (primary N) is 1. The van der Waals surface area contributed by atoms with E-state index >= 15 is 0 Å². The summed E-state index contributed by atoms with van der Waals surface area (Å²) in [7, 11) is 0. The molecule has 0 spiro atoms. The summed E-state index contributed by atoms with van der Waals surface area (Å²) < 4.78 is 0. The van der Waals surface area contributed by atoms with Crippen molar-refractivity contribution in [1.82, 2.24) is 5.32 Å². The molecule has 1 amide bonds. The smallest absolute Gasteiger partial charge is 0.305 e. The molecule has 220 valence electrons. The molecule has 0 radical (unpaired) electrons. The van der Waals surface area contributed by atoms with Gasteiger partial charge in [-0.1, -0.05) is 71.4 Å². The maximum atomic E-state index is 12.0. The van der Waals surface area contributed by atoms with E-state index in [2.05, 4.69) is 24.4 Å². The Kier molecular flexibility index (Phi) is 15.6. The van der Waals surface area contributed by atoms with Gasteiger partial charge in [0.2, 0.25) is 5.91 Å². The molecule has 38 heavy (non-hydrogen) atoms. The molecule has 0 saturated heterocycles. The second-order valence-electron chi connectivity index (χ2n) is 13.4. The second kappa shape index (κ2) is 18.1. The van der Waals surface area contributed by atoms with Crippen molar-refractivity contribution in [3.05, 3.63) is 12.2 Å². The quantitative estimate of drug-likeness (QED) is 0.123. The summed E-state index contributed by atoms with van der Waals surface area (Å²) in [6.07, 6.45) is 27.7. The average molecular weight is 533 g/mol. The lowest BCUT2D eigenvalue weighted by atomic mass is 9.53. The predicted octanol–water partition coefficient (Wildman–Crippen LogP) is 8.16. The Hall–Kier alpha value is -1.36. The molecular formula is C33H60N2O3. The van der Waals surface area contributed by atoms with Gasteiger partial charge in [-0.25, -0.2) is 0 Å². The van der Waals surface area contributed by atoms with Gasteiger partial charge in [0, 0.05) is 18.0 Å². The summed E-state index contributed by atoms with van der Waals surface area (Å²) in [6, 6.07) is -0.247. The molecule has 1 atom stereocenters. The minimum Gasteiger partial charge on any atom is -0.481 e. The van der Waals surface area contributed by atoms with Crippen molar-refractivity contribution in [2.75, 3.05) is 0 Å². The van der Waals surface area contributed by atoms with Gasteiger partial charge in [0.05, 0.1) is 6.42 Å². The van der Waals surface area contributed by atoms with Crippen molar-refractivity contribution in [3.63, 3.8) is 0 Å². The van der Waals surface area contributed by atoms with Crippen LogP contribution in [-0.4, -0.2) is 28.6 Å². The number of carbonyl (C=O) groups is 2. The average Bonchev–Trinajstić information content (AvgIpc) is 2.80. The molecule has 4 saturated carbocycles. The number of allylic oxidation sites excluding steroid dienone is 2. The number of rotatable bonds is 18. The fourth-order valence-electron chi connectivity index (χ4n) is 7.45. The van der Waals surface area contributed by atoms with Crippen molar-refractivity contribution < 1.29 is 14.7 Å². The summed E-state index contributed by atoms with van der Waals surface area (Å²) in [5.41, 5.74) is 6.62. The topological polar surface area (TPSA) is 92.4 Å². The summed E-state index contributed by atoms with van der Waals surface area (Å²) in [6.45, 7) is 6.33. The fourth-order valence-corrected chi connectivity index (χ4v) is 7.45. The van der Waals surface area contributed by atoms with Crippen LogP contribution in [0.4, 0.5) is 0 Å². The Balaban J connectivity index is 0.000000370. The van der Waals surface area contributed by atoms with Crippen LogP contribution in [0.25, 0.3) is 0 Å². The molecule has 4 aliphatic rings. The molecule has 4 bridgehead atoms. The number of hydrogen-bond acceptors (Lipinski definition) is 3. The Labute approximate surface area is 234 Å². The third kappa shape index (κ3) is 14.1. The fraction of sp³-hybridized carbons (Fsp3) is 0.879. The van der Waals surface area contributed by atoms with E-state index in [9.17, 15) is 9.59 Å². The number of aliphatic carboxylic acids is 1. The number of hydrogen-bond donors (Lipinski definition) is 3. The first-order chi connectivity index (χ1) is 18.2. The molecule has 4 aliphatic carbocycles. The van der Waals surface area contributed by atoms with E-state index in [-0.39, 0.29) is 18.4 Å². The molecule has 0 aromatic heterocycles. The van der Waals surface area contributed by atoms with E-state index in [1.807, 2.05) is 13.8 Å². The van der Waals surface area contributed by atoms with Gasteiger partial charge in [-0.05, 0) is 101 Å². The molecule has 1 unspecified atom stereocenters. The van der Waals surface area contributed by atoms with Crippen LogP contribution in [0.2, 0.25) is 0 Å². The van der Waals surface area contributed by atoms with Gasteiger partial charge in [0.25, 0.3) is 0 Å². The second-order valence-corrected chi connectivity index (χ2v) is 13.4. The summed E-state index contributed by atoms with van der Waals surface area (Å²) in [4.78, 5) is 22.9. The molecule has 4 rings (SSSR count). The lowest BCUT2D eigenvalue weighted by Gasteiger charge is -2.55. The lowest BCUT2D eigenvalue weighted by molar-refractivity contribution is -0.137. The van der Waals surface area contributed by atoms with Crippen LogP contribution < -0.4 is 11.1 Å². The monoisotopic (exact) mass is 532 g/mol. The normalized spacial score (nSPS) is 26.4. The van der Waals surface area contributed by atoms with E-state index < -0.39 is 5.97 Å². The van der Waals surface area contributed by atoms with Crippen LogP contribution >= 0.6 is 0 Å². The van der Waals surface area contributed by atoms with Gasteiger partial charge in [0.15, 0.2) is 0 Å². The maximum absolute atomic E-state index is 12.0.